The molecule has 0 unspecified atom stereocenters. The van der Waals surface area contributed by atoms with E-state index in [1.807, 2.05) is 42.2 Å². The van der Waals surface area contributed by atoms with Gasteiger partial charge < -0.3 is 15.0 Å². The van der Waals surface area contributed by atoms with Crippen LogP contribution in [0.25, 0.3) is 0 Å². The van der Waals surface area contributed by atoms with Crippen molar-refractivity contribution in [2.75, 3.05) is 27.7 Å². The zero-order chi connectivity index (χ0) is 15.8. The average molecular weight is 429 g/mol. The van der Waals surface area contributed by atoms with Crippen molar-refractivity contribution < 1.29 is 4.74 Å². The Kier molecular flexibility index (Phi) is 8.46. The monoisotopic (exact) mass is 429 g/mol. The van der Waals surface area contributed by atoms with Crippen molar-refractivity contribution in [2.24, 2.45) is 4.99 Å². The highest BCUT2D eigenvalue weighted by Crippen LogP contribution is 2.18. The molecule has 0 radical (unpaired) electrons. The van der Waals surface area contributed by atoms with Gasteiger partial charge in [0.25, 0.3) is 0 Å². The number of nitrogens with one attached hydrogen (secondary N) is 1. The Bertz CT molecular complexity index is 600. The van der Waals surface area contributed by atoms with Gasteiger partial charge in [-0.3, -0.25) is 9.67 Å². The van der Waals surface area contributed by atoms with Crippen LogP contribution in [0.3, 0.4) is 0 Å². The molecule has 23 heavy (non-hydrogen) atoms. The summed E-state index contributed by atoms with van der Waals surface area (Å²) in [5.41, 5.74) is 1.13. The molecule has 6 nitrogen and oxygen atoms in total. The van der Waals surface area contributed by atoms with Gasteiger partial charge in [0.15, 0.2) is 5.96 Å². The van der Waals surface area contributed by atoms with Crippen LogP contribution in [0.15, 0.2) is 47.7 Å². The Morgan fingerprint density at radius 2 is 2.13 bits per heavy atom. The Hall–Kier alpha value is -1.77. The van der Waals surface area contributed by atoms with E-state index in [2.05, 4.69) is 26.4 Å². The first kappa shape index (κ1) is 19.3. The predicted molar refractivity (Wildman–Crippen MR) is 103 cm³/mol. The van der Waals surface area contributed by atoms with Crippen LogP contribution in [0.5, 0.6) is 5.75 Å². The molecule has 0 amide bonds. The summed E-state index contributed by atoms with van der Waals surface area (Å²) in [7, 11) is 5.49. The minimum absolute atomic E-state index is 0. The summed E-state index contributed by atoms with van der Waals surface area (Å²) in [6.07, 6.45) is 3.73. The number of para-hydroxylation sites is 1. The van der Waals surface area contributed by atoms with Gasteiger partial charge in [-0.2, -0.15) is 5.10 Å². The second-order valence-electron chi connectivity index (χ2n) is 4.91. The molecule has 0 bridgehead atoms. The lowest BCUT2D eigenvalue weighted by Crippen LogP contribution is -2.39. The second kappa shape index (κ2) is 10.1. The molecule has 2 rings (SSSR count). The number of rotatable bonds is 6. The van der Waals surface area contributed by atoms with E-state index in [4.69, 9.17) is 4.74 Å². The predicted octanol–water partition coefficient (Wildman–Crippen LogP) is 2.22. The number of methoxy groups -OCH3 is 1. The molecule has 7 heteroatoms. The van der Waals surface area contributed by atoms with Gasteiger partial charge in [0, 0.05) is 45.1 Å². The van der Waals surface area contributed by atoms with E-state index in [1.165, 1.54) is 0 Å². The maximum absolute atomic E-state index is 5.39. The first-order valence-corrected chi connectivity index (χ1v) is 7.25. The molecule has 1 aromatic carbocycles. The Balaban J connectivity index is 0.00000264. The molecular weight excluding hydrogens is 405 g/mol. The van der Waals surface area contributed by atoms with Crippen LogP contribution in [-0.2, 0) is 13.1 Å². The number of ether oxygens (including phenoxy) is 1. The zero-order valence-corrected chi connectivity index (χ0v) is 16.1. The first-order valence-electron chi connectivity index (χ1n) is 7.25. The van der Waals surface area contributed by atoms with Gasteiger partial charge in [-0.1, -0.05) is 18.2 Å². The molecule has 0 aliphatic carbocycles. The number of hydrogen-bond donors (Lipinski definition) is 1. The quantitative estimate of drug-likeness (QED) is 0.435. The van der Waals surface area contributed by atoms with E-state index in [0.29, 0.717) is 0 Å². The van der Waals surface area contributed by atoms with Gasteiger partial charge in [-0.05, 0) is 12.1 Å². The SMILES string of the molecule is CN=C(NCCn1cccn1)N(C)Cc1ccccc1OC.I. The topological polar surface area (TPSA) is 54.7 Å². The minimum atomic E-state index is 0. The highest BCUT2D eigenvalue weighted by Gasteiger charge is 2.09. The lowest BCUT2D eigenvalue weighted by atomic mass is 10.2. The van der Waals surface area contributed by atoms with Crippen molar-refractivity contribution in [1.82, 2.24) is 20.0 Å². The van der Waals surface area contributed by atoms with Gasteiger partial charge in [-0.25, -0.2) is 0 Å². The maximum Gasteiger partial charge on any atom is 0.193 e. The van der Waals surface area contributed by atoms with Crippen molar-refractivity contribution >= 4 is 29.9 Å². The number of aliphatic imine (C=N–C) groups is 1. The fourth-order valence-electron chi connectivity index (χ4n) is 2.26. The molecule has 0 aliphatic rings. The van der Waals surface area contributed by atoms with E-state index in [-0.39, 0.29) is 24.0 Å². The van der Waals surface area contributed by atoms with E-state index < -0.39 is 0 Å². The number of nitrogens with zero attached hydrogens (tertiary/aromatic N) is 4. The summed E-state index contributed by atoms with van der Waals surface area (Å²) < 4.78 is 7.28. The number of halogens is 1. The molecule has 1 heterocycles. The third-order valence-electron chi connectivity index (χ3n) is 3.36. The van der Waals surface area contributed by atoms with Crippen LogP contribution >= 0.6 is 24.0 Å². The van der Waals surface area contributed by atoms with Crippen LogP contribution in [0.2, 0.25) is 0 Å². The normalized spacial score (nSPS) is 10.8. The number of benzene rings is 1. The van der Waals surface area contributed by atoms with Crippen molar-refractivity contribution in [3.8, 4) is 5.75 Å². The summed E-state index contributed by atoms with van der Waals surface area (Å²) in [4.78, 5) is 6.39. The molecule has 1 aromatic heterocycles. The van der Waals surface area contributed by atoms with Crippen molar-refractivity contribution in [2.45, 2.75) is 13.1 Å². The molecular formula is C16H24IN5O. The maximum atomic E-state index is 5.39. The minimum Gasteiger partial charge on any atom is -0.496 e. The van der Waals surface area contributed by atoms with Crippen LogP contribution in [0, 0.1) is 0 Å². The molecule has 0 spiro atoms. The highest BCUT2D eigenvalue weighted by atomic mass is 127. The van der Waals surface area contributed by atoms with Gasteiger partial charge >= 0.3 is 0 Å². The van der Waals surface area contributed by atoms with Crippen LogP contribution in [0.1, 0.15) is 5.56 Å². The van der Waals surface area contributed by atoms with E-state index in [0.717, 1.165) is 36.9 Å². The summed E-state index contributed by atoms with van der Waals surface area (Å²) in [6, 6.07) is 9.94. The number of aromatic nitrogens is 2. The fraction of sp³-hybridized carbons (Fsp3) is 0.375. The number of hydrogen-bond acceptors (Lipinski definition) is 3. The van der Waals surface area contributed by atoms with Gasteiger partial charge in [0.05, 0.1) is 13.7 Å². The third kappa shape index (κ3) is 5.74. The molecule has 0 fully saturated rings. The summed E-state index contributed by atoms with van der Waals surface area (Å²) in [6.45, 7) is 2.30. The Morgan fingerprint density at radius 1 is 1.35 bits per heavy atom. The lowest BCUT2D eigenvalue weighted by Gasteiger charge is -2.23. The molecule has 0 aliphatic heterocycles. The first-order chi connectivity index (χ1) is 10.7. The van der Waals surface area contributed by atoms with Crippen LogP contribution in [-0.4, -0.2) is 48.4 Å². The highest BCUT2D eigenvalue weighted by molar-refractivity contribution is 14.0. The van der Waals surface area contributed by atoms with Gasteiger partial charge in [-0.15, -0.1) is 24.0 Å². The lowest BCUT2D eigenvalue weighted by molar-refractivity contribution is 0.395. The second-order valence-corrected chi connectivity index (χ2v) is 4.91. The van der Waals surface area contributed by atoms with Crippen molar-refractivity contribution in [3.05, 3.63) is 48.3 Å². The third-order valence-corrected chi connectivity index (χ3v) is 3.36. The van der Waals surface area contributed by atoms with Crippen molar-refractivity contribution in [1.29, 1.82) is 0 Å². The van der Waals surface area contributed by atoms with E-state index >= 15 is 0 Å². The molecule has 1 N–H and O–H groups in total. The standard InChI is InChI=1S/C16H23N5O.HI/c1-17-16(18-10-12-21-11-6-9-19-21)20(2)13-14-7-4-5-8-15(14)22-3;/h4-9,11H,10,12-13H2,1-3H3,(H,17,18);1H. The molecule has 0 saturated carbocycles. The summed E-state index contributed by atoms with van der Waals surface area (Å²) in [5, 5.41) is 7.52. The molecule has 126 valence electrons. The van der Waals surface area contributed by atoms with Gasteiger partial charge in [0.2, 0.25) is 0 Å². The van der Waals surface area contributed by atoms with Crippen molar-refractivity contribution in [3.63, 3.8) is 0 Å². The fourth-order valence-corrected chi connectivity index (χ4v) is 2.26. The molecule has 0 atom stereocenters. The number of guanidine groups is 1. The molecule has 2 aromatic rings. The van der Waals surface area contributed by atoms with E-state index in [9.17, 15) is 0 Å². The zero-order valence-electron chi connectivity index (χ0n) is 13.8. The van der Waals surface area contributed by atoms with Crippen LogP contribution < -0.4 is 10.1 Å². The van der Waals surface area contributed by atoms with E-state index in [1.54, 1.807) is 20.4 Å². The summed E-state index contributed by atoms with van der Waals surface area (Å²) >= 11 is 0. The molecule has 0 saturated heterocycles. The van der Waals surface area contributed by atoms with Crippen LogP contribution in [0.4, 0.5) is 0 Å². The average Bonchev–Trinajstić information content (AvgIpc) is 3.05. The summed E-state index contributed by atoms with van der Waals surface area (Å²) in [5.74, 6) is 1.74. The Morgan fingerprint density at radius 3 is 2.78 bits per heavy atom. The Labute approximate surface area is 154 Å². The largest absolute Gasteiger partial charge is 0.496 e. The smallest absolute Gasteiger partial charge is 0.193 e. The van der Waals surface area contributed by atoms with Gasteiger partial charge in [0.1, 0.15) is 5.75 Å².